The van der Waals surface area contributed by atoms with E-state index < -0.39 is 11.8 Å². The number of hydrogen-bond acceptors (Lipinski definition) is 5. The van der Waals surface area contributed by atoms with Gasteiger partial charge in [-0.25, -0.2) is 0 Å². The number of carbonyl (C=O) groups excluding carboxylic acids is 2. The quantitative estimate of drug-likeness (QED) is 0.407. The van der Waals surface area contributed by atoms with Gasteiger partial charge in [0.15, 0.2) is 16.6 Å². The fourth-order valence-corrected chi connectivity index (χ4v) is 2.36. The molecular formula is C19H22N4O4S. The molecule has 0 bridgehead atoms. The van der Waals surface area contributed by atoms with E-state index >= 15 is 0 Å². The maximum Gasteiger partial charge on any atom is 0.257 e. The lowest BCUT2D eigenvalue weighted by molar-refractivity contribution is -0.120. The van der Waals surface area contributed by atoms with Crippen molar-refractivity contribution in [2.75, 3.05) is 20.8 Å². The summed E-state index contributed by atoms with van der Waals surface area (Å²) in [4.78, 5) is 24.0. The first-order chi connectivity index (χ1) is 13.5. The zero-order valence-electron chi connectivity index (χ0n) is 15.6. The summed E-state index contributed by atoms with van der Waals surface area (Å²) < 4.78 is 10.3. The molecule has 148 valence electrons. The van der Waals surface area contributed by atoms with Crippen molar-refractivity contribution < 1.29 is 19.1 Å². The molecule has 0 saturated carbocycles. The van der Waals surface area contributed by atoms with Crippen molar-refractivity contribution in [1.82, 2.24) is 21.5 Å². The molecular weight excluding hydrogens is 380 g/mol. The Morgan fingerprint density at radius 1 is 0.929 bits per heavy atom. The average molecular weight is 402 g/mol. The van der Waals surface area contributed by atoms with Gasteiger partial charge in [-0.05, 0) is 36.0 Å². The summed E-state index contributed by atoms with van der Waals surface area (Å²) in [5.74, 6) is 0.0761. The molecule has 2 amide bonds. The molecule has 0 radical (unpaired) electrons. The number of nitrogens with one attached hydrogen (secondary N) is 4. The highest BCUT2D eigenvalue weighted by atomic mass is 32.1. The average Bonchev–Trinajstić information content (AvgIpc) is 2.74. The molecule has 0 unspecified atom stereocenters. The van der Waals surface area contributed by atoms with E-state index in [4.69, 9.17) is 21.7 Å². The third-order valence-corrected chi connectivity index (χ3v) is 3.91. The molecule has 8 nitrogen and oxygen atoms in total. The number of ether oxygens (including phenoxy) is 2. The second-order valence-corrected chi connectivity index (χ2v) is 6.00. The molecule has 28 heavy (non-hydrogen) atoms. The van der Waals surface area contributed by atoms with Gasteiger partial charge >= 0.3 is 0 Å². The van der Waals surface area contributed by atoms with Crippen LogP contribution < -0.4 is 31.0 Å². The molecule has 0 fully saturated rings. The highest BCUT2D eigenvalue weighted by Crippen LogP contribution is 2.27. The molecule has 0 aromatic heterocycles. The van der Waals surface area contributed by atoms with Gasteiger partial charge in [-0.3, -0.25) is 20.4 Å². The Morgan fingerprint density at radius 2 is 1.64 bits per heavy atom. The molecule has 2 rings (SSSR count). The summed E-state index contributed by atoms with van der Waals surface area (Å²) in [5.41, 5.74) is 6.40. The van der Waals surface area contributed by atoms with Crippen LogP contribution in [0.3, 0.4) is 0 Å². The highest BCUT2D eigenvalue weighted by Gasteiger charge is 2.12. The van der Waals surface area contributed by atoms with Crippen molar-refractivity contribution in [2.45, 2.75) is 6.54 Å². The number of amides is 2. The maximum atomic E-state index is 12.2. The van der Waals surface area contributed by atoms with Crippen LogP contribution in [0.5, 0.6) is 11.5 Å². The van der Waals surface area contributed by atoms with Gasteiger partial charge in [0.25, 0.3) is 11.8 Å². The molecule has 4 N–H and O–H groups in total. The number of hydrogen-bond donors (Lipinski definition) is 4. The molecule has 2 aromatic rings. The molecule has 9 heteroatoms. The number of methoxy groups -OCH3 is 2. The smallest absolute Gasteiger partial charge is 0.257 e. The molecule has 0 aliphatic heterocycles. The van der Waals surface area contributed by atoms with Crippen LogP contribution in [0, 0.1) is 0 Å². The highest BCUT2D eigenvalue weighted by molar-refractivity contribution is 7.80. The van der Waals surface area contributed by atoms with Crippen molar-refractivity contribution in [3.63, 3.8) is 0 Å². The van der Waals surface area contributed by atoms with Crippen LogP contribution in [0.1, 0.15) is 15.9 Å². The SMILES string of the molecule is COc1ccc(C(=O)NCC(=O)NNC(=S)NCc2ccccc2)cc1OC. The zero-order chi connectivity index (χ0) is 20.4. The minimum atomic E-state index is -0.447. The normalized spacial score (nSPS) is 9.79. The van der Waals surface area contributed by atoms with Gasteiger partial charge in [-0.1, -0.05) is 30.3 Å². The van der Waals surface area contributed by atoms with E-state index in [1.165, 1.54) is 20.3 Å². The van der Waals surface area contributed by atoms with E-state index in [0.717, 1.165) is 5.56 Å². The maximum absolute atomic E-state index is 12.2. The van der Waals surface area contributed by atoms with Gasteiger partial charge in [0.2, 0.25) is 0 Å². The Hall–Kier alpha value is -3.33. The molecule has 2 aromatic carbocycles. The van der Waals surface area contributed by atoms with Crippen LogP contribution in [0.15, 0.2) is 48.5 Å². The van der Waals surface area contributed by atoms with Crippen LogP contribution >= 0.6 is 12.2 Å². The monoisotopic (exact) mass is 402 g/mol. The van der Waals surface area contributed by atoms with E-state index in [1.807, 2.05) is 30.3 Å². The summed E-state index contributed by atoms with van der Waals surface area (Å²) in [6.45, 7) is 0.306. The van der Waals surface area contributed by atoms with Crippen molar-refractivity contribution in [3.05, 3.63) is 59.7 Å². The van der Waals surface area contributed by atoms with Gasteiger partial charge in [-0.2, -0.15) is 0 Å². The van der Waals surface area contributed by atoms with E-state index in [-0.39, 0.29) is 11.7 Å². The van der Waals surface area contributed by atoms with Crippen molar-refractivity contribution >= 4 is 29.1 Å². The second-order valence-electron chi connectivity index (χ2n) is 5.59. The Kier molecular flexibility index (Phi) is 8.04. The topological polar surface area (TPSA) is 101 Å². The first-order valence-corrected chi connectivity index (χ1v) is 8.81. The van der Waals surface area contributed by atoms with E-state index in [9.17, 15) is 9.59 Å². The Morgan fingerprint density at radius 3 is 2.32 bits per heavy atom. The summed E-state index contributed by atoms with van der Waals surface area (Å²) in [5, 5.41) is 5.75. The first-order valence-electron chi connectivity index (χ1n) is 8.40. The van der Waals surface area contributed by atoms with Crippen LogP contribution in [-0.2, 0) is 11.3 Å². The van der Waals surface area contributed by atoms with Gasteiger partial charge in [0.05, 0.1) is 20.8 Å². The van der Waals surface area contributed by atoms with Gasteiger partial charge in [0.1, 0.15) is 0 Å². The molecule has 0 spiro atoms. The zero-order valence-corrected chi connectivity index (χ0v) is 16.4. The number of benzene rings is 2. The summed E-state index contributed by atoms with van der Waals surface area (Å²) in [6, 6.07) is 14.4. The molecule has 0 atom stereocenters. The van der Waals surface area contributed by atoms with Crippen LogP contribution in [0.25, 0.3) is 0 Å². The summed E-state index contributed by atoms with van der Waals surface area (Å²) >= 11 is 5.09. The summed E-state index contributed by atoms with van der Waals surface area (Å²) in [6.07, 6.45) is 0. The Bertz CT molecular complexity index is 830. The molecule has 0 aliphatic rings. The predicted octanol–water partition coefficient (Wildman–Crippen LogP) is 1.13. The number of carbonyl (C=O) groups is 2. The Labute approximate surface area is 168 Å². The minimum absolute atomic E-state index is 0.221. The third kappa shape index (κ3) is 6.44. The van der Waals surface area contributed by atoms with Crippen molar-refractivity contribution in [3.8, 4) is 11.5 Å². The van der Waals surface area contributed by atoms with Crippen molar-refractivity contribution in [1.29, 1.82) is 0 Å². The molecule has 0 aliphatic carbocycles. The second kappa shape index (κ2) is 10.7. The van der Waals surface area contributed by atoms with Crippen LogP contribution in [-0.4, -0.2) is 37.7 Å². The minimum Gasteiger partial charge on any atom is -0.493 e. The molecule has 0 heterocycles. The Balaban J connectivity index is 1.73. The van der Waals surface area contributed by atoms with Crippen LogP contribution in [0.4, 0.5) is 0 Å². The number of rotatable bonds is 7. The number of thiocarbonyl (C=S) groups is 1. The van der Waals surface area contributed by atoms with Crippen LogP contribution in [0.2, 0.25) is 0 Å². The fraction of sp³-hybridized carbons (Fsp3) is 0.211. The van der Waals surface area contributed by atoms with Gasteiger partial charge in [-0.15, -0.1) is 0 Å². The summed E-state index contributed by atoms with van der Waals surface area (Å²) in [7, 11) is 2.99. The lowest BCUT2D eigenvalue weighted by Crippen LogP contribution is -2.49. The molecule has 0 saturated heterocycles. The predicted molar refractivity (Wildman–Crippen MR) is 109 cm³/mol. The lowest BCUT2D eigenvalue weighted by atomic mass is 10.2. The van der Waals surface area contributed by atoms with E-state index in [2.05, 4.69) is 21.5 Å². The standard InChI is InChI=1S/C19H22N4O4S/c1-26-15-9-8-14(10-16(15)27-2)18(25)20-12-17(24)22-23-19(28)21-11-13-6-4-3-5-7-13/h3-10H,11-12H2,1-2H3,(H,20,25)(H,22,24)(H2,21,23,28). The first kappa shape index (κ1) is 21.0. The van der Waals surface area contributed by atoms with E-state index in [0.29, 0.717) is 23.6 Å². The van der Waals surface area contributed by atoms with Crippen molar-refractivity contribution in [2.24, 2.45) is 0 Å². The lowest BCUT2D eigenvalue weighted by Gasteiger charge is -2.12. The number of hydrazine groups is 1. The van der Waals surface area contributed by atoms with E-state index in [1.54, 1.807) is 12.1 Å². The largest absolute Gasteiger partial charge is 0.493 e. The third-order valence-electron chi connectivity index (χ3n) is 3.67. The fourth-order valence-electron chi connectivity index (χ4n) is 2.23. The van der Waals surface area contributed by atoms with Gasteiger partial charge in [0, 0.05) is 12.1 Å². The van der Waals surface area contributed by atoms with Gasteiger partial charge < -0.3 is 20.1 Å².